The van der Waals surface area contributed by atoms with Crippen LogP contribution in [0, 0.1) is 5.82 Å². The molecule has 1 aromatic heterocycles. The van der Waals surface area contributed by atoms with E-state index in [-0.39, 0.29) is 5.82 Å². The number of nitrogens with one attached hydrogen (secondary N) is 2. The van der Waals surface area contributed by atoms with Crippen molar-refractivity contribution in [2.24, 2.45) is 0 Å². The summed E-state index contributed by atoms with van der Waals surface area (Å²) < 4.78 is 23.6. The van der Waals surface area contributed by atoms with Crippen LogP contribution in [-0.2, 0) is 9.47 Å². The van der Waals surface area contributed by atoms with E-state index in [1.807, 2.05) is 6.92 Å². The second-order valence-corrected chi connectivity index (χ2v) is 3.81. The SMILES string of the molecule is CCNc1ncc(F)c(NCCCOCCOC)n1. The molecule has 0 aliphatic rings. The van der Waals surface area contributed by atoms with Crippen molar-refractivity contribution in [2.75, 3.05) is 50.7 Å². The van der Waals surface area contributed by atoms with Gasteiger partial charge in [0.2, 0.25) is 5.95 Å². The summed E-state index contributed by atoms with van der Waals surface area (Å²) in [5, 5.41) is 5.86. The van der Waals surface area contributed by atoms with E-state index in [0.717, 1.165) is 12.6 Å². The van der Waals surface area contributed by atoms with Crippen LogP contribution in [0.25, 0.3) is 0 Å². The predicted molar refractivity (Wildman–Crippen MR) is 72.0 cm³/mol. The zero-order chi connectivity index (χ0) is 13.9. The fourth-order valence-electron chi connectivity index (χ4n) is 1.36. The molecule has 2 N–H and O–H groups in total. The fraction of sp³-hybridized carbons (Fsp3) is 0.667. The largest absolute Gasteiger partial charge is 0.382 e. The third kappa shape index (κ3) is 6.30. The predicted octanol–water partition coefficient (Wildman–Crippen LogP) is 1.51. The highest BCUT2D eigenvalue weighted by Gasteiger charge is 2.05. The highest BCUT2D eigenvalue weighted by molar-refractivity contribution is 5.40. The second kappa shape index (κ2) is 9.46. The Morgan fingerprint density at radius 1 is 1.26 bits per heavy atom. The van der Waals surface area contributed by atoms with Crippen molar-refractivity contribution >= 4 is 11.8 Å². The van der Waals surface area contributed by atoms with Crippen LogP contribution in [0.5, 0.6) is 0 Å². The van der Waals surface area contributed by atoms with Gasteiger partial charge < -0.3 is 20.1 Å². The molecule has 108 valence electrons. The monoisotopic (exact) mass is 272 g/mol. The van der Waals surface area contributed by atoms with Crippen LogP contribution in [0.4, 0.5) is 16.2 Å². The molecule has 6 nitrogen and oxygen atoms in total. The van der Waals surface area contributed by atoms with Crippen molar-refractivity contribution in [1.82, 2.24) is 9.97 Å². The van der Waals surface area contributed by atoms with Gasteiger partial charge in [0.25, 0.3) is 0 Å². The molecule has 7 heteroatoms. The first kappa shape index (κ1) is 15.6. The lowest BCUT2D eigenvalue weighted by Crippen LogP contribution is -2.11. The average Bonchev–Trinajstić information content (AvgIpc) is 2.41. The third-order valence-corrected chi connectivity index (χ3v) is 2.27. The maximum Gasteiger partial charge on any atom is 0.224 e. The molecule has 0 atom stereocenters. The zero-order valence-corrected chi connectivity index (χ0v) is 11.4. The van der Waals surface area contributed by atoms with Gasteiger partial charge in [0, 0.05) is 26.8 Å². The van der Waals surface area contributed by atoms with Gasteiger partial charge in [-0.15, -0.1) is 0 Å². The normalized spacial score (nSPS) is 10.5. The summed E-state index contributed by atoms with van der Waals surface area (Å²) in [4.78, 5) is 7.87. The molecule has 0 saturated heterocycles. The van der Waals surface area contributed by atoms with Gasteiger partial charge >= 0.3 is 0 Å². The lowest BCUT2D eigenvalue weighted by Gasteiger charge is -2.08. The van der Waals surface area contributed by atoms with Crippen LogP contribution >= 0.6 is 0 Å². The molecular weight excluding hydrogens is 251 g/mol. The van der Waals surface area contributed by atoms with Crippen LogP contribution in [0.3, 0.4) is 0 Å². The number of hydrogen-bond acceptors (Lipinski definition) is 6. The fourth-order valence-corrected chi connectivity index (χ4v) is 1.36. The highest BCUT2D eigenvalue weighted by Crippen LogP contribution is 2.11. The van der Waals surface area contributed by atoms with E-state index >= 15 is 0 Å². The Bertz CT molecular complexity index is 366. The van der Waals surface area contributed by atoms with E-state index in [0.29, 0.717) is 38.9 Å². The zero-order valence-electron chi connectivity index (χ0n) is 11.4. The van der Waals surface area contributed by atoms with Crippen molar-refractivity contribution in [3.63, 3.8) is 0 Å². The van der Waals surface area contributed by atoms with Gasteiger partial charge in [-0.1, -0.05) is 0 Å². The molecular formula is C12H21FN4O2. The number of hydrogen-bond donors (Lipinski definition) is 2. The first-order chi connectivity index (χ1) is 9.27. The van der Waals surface area contributed by atoms with Crippen molar-refractivity contribution in [2.45, 2.75) is 13.3 Å². The number of methoxy groups -OCH3 is 1. The third-order valence-electron chi connectivity index (χ3n) is 2.27. The Balaban J connectivity index is 2.26. The van der Waals surface area contributed by atoms with Crippen LogP contribution in [0.2, 0.25) is 0 Å². The lowest BCUT2D eigenvalue weighted by molar-refractivity contribution is 0.0705. The molecule has 0 amide bonds. The number of anilines is 2. The van der Waals surface area contributed by atoms with Gasteiger partial charge in [-0.25, -0.2) is 9.37 Å². The van der Waals surface area contributed by atoms with Crippen molar-refractivity contribution in [3.05, 3.63) is 12.0 Å². The molecule has 1 rings (SSSR count). The van der Waals surface area contributed by atoms with Crippen molar-refractivity contribution < 1.29 is 13.9 Å². The minimum atomic E-state index is -0.457. The number of nitrogens with zero attached hydrogens (tertiary/aromatic N) is 2. The van der Waals surface area contributed by atoms with E-state index < -0.39 is 5.82 Å². The van der Waals surface area contributed by atoms with Gasteiger partial charge in [-0.3, -0.25) is 0 Å². The highest BCUT2D eigenvalue weighted by atomic mass is 19.1. The van der Waals surface area contributed by atoms with Crippen LogP contribution < -0.4 is 10.6 Å². The van der Waals surface area contributed by atoms with E-state index in [9.17, 15) is 4.39 Å². The minimum absolute atomic E-state index is 0.211. The quantitative estimate of drug-likeness (QED) is 0.629. The molecule has 0 bridgehead atoms. The van der Waals surface area contributed by atoms with E-state index in [2.05, 4.69) is 20.6 Å². The molecule has 0 saturated carbocycles. The molecule has 0 aliphatic heterocycles. The molecule has 1 aromatic rings. The van der Waals surface area contributed by atoms with Crippen molar-refractivity contribution in [3.8, 4) is 0 Å². The minimum Gasteiger partial charge on any atom is -0.382 e. The van der Waals surface area contributed by atoms with Crippen molar-refractivity contribution in [1.29, 1.82) is 0 Å². The first-order valence-electron chi connectivity index (χ1n) is 6.35. The summed E-state index contributed by atoms with van der Waals surface area (Å²) in [5.41, 5.74) is 0. The Kier molecular flexibility index (Phi) is 7.76. The average molecular weight is 272 g/mol. The van der Waals surface area contributed by atoms with Gasteiger partial charge in [0.15, 0.2) is 11.6 Å². The van der Waals surface area contributed by atoms with Gasteiger partial charge in [0.05, 0.1) is 19.4 Å². The molecule has 0 fully saturated rings. The maximum atomic E-state index is 13.4. The Labute approximate surface area is 112 Å². The van der Waals surface area contributed by atoms with Gasteiger partial charge in [-0.2, -0.15) is 4.98 Å². The molecule has 0 radical (unpaired) electrons. The van der Waals surface area contributed by atoms with Gasteiger partial charge in [-0.05, 0) is 13.3 Å². The molecule has 1 heterocycles. The summed E-state index contributed by atoms with van der Waals surface area (Å²) >= 11 is 0. The Morgan fingerprint density at radius 2 is 2.11 bits per heavy atom. The van der Waals surface area contributed by atoms with Crippen LogP contribution in [0.1, 0.15) is 13.3 Å². The Hall–Kier alpha value is -1.47. The van der Waals surface area contributed by atoms with E-state index in [4.69, 9.17) is 9.47 Å². The summed E-state index contributed by atoms with van der Waals surface area (Å²) in [5.74, 6) is 0.174. The van der Waals surface area contributed by atoms with E-state index in [1.54, 1.807) is 7.11 Å². The Morgan fingerprint density at radius 3 is 2.84 bits per heavy atom. The number of ether oxygens (including phenoxy) is 2. The molecule has 0 aromatic carbocycles. The summed E-state index contributed by atoms with van der Waals surface area (Å²) in [6.07, 6.45) is 1.92. The summed E-state index contributed by atoms with van der Waals surface area (Å²) in [7, 11) is 1.63. The standard InChI is InChI=1S/C12H21FN4O2/c1-3-14-12-16-9-10(13)11(17-12)15-5-4-6-19-8-7-18-2/h9H,3-8H2,1-2H3,(H2,14,15,16,17). The molecule has 19 heavy (non-hydrogen) atoms. The molecule has 0 unspecified atom stereocenters. The first-order valence-corrected chi connectivity index (χ1v) is 6.35. The second-order valence-electron chi connectivity index (χ2n) is 3.81. The van der Waals surface area contributed by atoms with Crippen LogP contribution in [0.15, 0.2) is 6.20 Å². The number of rotatable bonds is 10. The van der Waals surface area contributed by atoms with Crippen LogP contribution in [-0.4, -0.2) is 50.0 Å². The number of halogens is 1. The molecule has 0 aliphatic carbocycles. The number of aromatic nitrogens is 2. The smallest absolute Gasteiger partial charge is 0.224 e. The maximum absolute atomic E-state index is 13.4. The molecule has 0 spiro atoms. The van der Waals surface area contributed by atoms with E-state index in [1.165, 1.54) is 0 Å². The lowest BCUT2D eigenvalue weighted by atomic mass is 10.4. The van der Waals surface area contributed by atoms with Gasteiger partial charge in [0.1, 0.15) is 0 Å². The summed E-state index contributed by atoms with van der Waals surface area (Å²) in [6, 6.07) is 0. The topological polar surface area (TPSA) is 68.3 Å². The summed E-state index contributed by atoms with van der Waals surface area (Å²) in [6.45, 7) is 4.97.